The number of hydrogen-bond acceptors (Lipinski definition) is 2. The number of alkyl halides is 1. The van der Waals surface area contributed by atoms with Crippen molar-refractivity contribution in [3.05, 3.63) is 35.4 Å². The number of hydrogen-bond donors (Lipinski definition) is 0. The summed E-state index contributed by atoms with van der Waals surface area (Å²) in [5, 5.41) is 0. The van der Waals surface area contributed by atoms with Crippen molar-refractivity contribution in [3.8, 4) is 0 Å². The smallest absolute Gasteiger partial charge is 0.235 e. The SMILES string of the molecule is Cc1cccc(C(F)CS(=O)(=O)Cl)c1. The standard InChI is InChI=1S/C9H10ClFO2S/c1-7-3-2-4-8(5-7)9(11)6-14(10,12)13/h2-5,9H,6H2,1H3. The summed E-state index contributed by atoms with van der Waals surface area (Å²) in [5.41, 5.74) is 1.23. The van der Waals surface area contributed by atoms with Gasteiger partial charge in [0.15, 0.2) is 0 Å². The maximum atomic E-state index is 13.3. The summed E-state index contributed by atoms with van der Waals surface area (Å²) >= 11 is 0. The molecule has 14 heavy (non-hydrogen) atoms. The van der Waals surface area contributed by atoms with Crippen molar-refractivity contribution in [1.29, 1.82) is 0 Å². The fourth-order valence-corrected chi connectivity index (χ4v) is 2.01. The second kappa shape index (κ2) is 4.28. The van der Waals surface area contributed by atoms with Crippen molar-refractivity contribution < 1.29 is 12.8 Å². The highest BCUT2D eigenvalue weighted by molar-refractivity contribution is 8.13. The zero-order valence-electron chi connectivity index (χ0n) is 7.57. The molecule has 0 spiro atoms. The van der Waals surface area contributed by atoms with E-state index >= 15 is 0 Å². The van der Waals surface area contributed by atoms with E-state index in [4.69, 9.17) is 10.7 Å². The molecule has 1 aromatic carbocycles. The molecule has 1 rings (SSSR count). The van der Waals surface area contributed by atoms with Gasteiger partial charge < -0.3 is 0 Å². The lowest BCUT2D eigenvalue weighted by molar-refractivity contribution is 0.375. The van der Waals surface area contributed by atoms with E-state index in [2.05, 4.69) is 0 Å². The maximum Gasteiger partial charge on any atom is 0.235 e. The molecular formula is C9H10ClFO2S. The van der Waals surface area contributed by atoms with Crippen LogP contribution in [0.1, 0.15) is 17.3 Å². The summed E-state index contributed by atoms with van der Waals surface area (Å²) in [4.78, 5) is 0. The molecule has 1 atom stereocenters. The normalized spacial score (nSPS) is 13.9. The van der Waals surface area contributed by atoms with Crippen LogP contribution in [0, 0.1) is 6.92 Å². The Bertz CT molecular complexity index is 417. The number of aryl methyl sites for hydroxylation is 1. The fraction of sp³-hybridized carbons (Fsp3) is 0.333. The highest BCUT2D eigenvalue weighted by Crippen LogP contribution is 2.21. The third-order valence-corrected chi connectivity index (χ3v) is 2.82. The van der Waals surface area contributed by atoms with Gasteiger partial charge in [-0.25, -0.2) is 12.8 Å². The number of rotatable bonds is 3. The Balaban J connectivity index is 2.85. The van der Waals surface area contributed by atoms with Crippen molar-refractivity contribution >= 4 is 19.7 Å². The summed E-state index contributed by atoms with van der Waals surface area (Å²) in [6, 6.07) is 6.63. The molecule has 0 aliphatic carbocycles. The monoisotopic (exact) mass is 236 g/mol. The Morgan fingerprint density at radius 1 is 1.50 bits per heavy atom. The maximum absolute atomic E-state index is 13.3. The van der Waals surface area contributed by atoms with Gasteiger partial charge in [0.25, 0.3) is 0 Å². The summed E-state index contributed by atoms with van der Waals surface area (Å²) < 4.78 is 34.6. The predicted octanol–water partition coefficient (Wildman–Crippen LogP) is 2.57. The topological polar surface area (TPSA) is 34.1 Å². The molecule has 0 amide bonds. The van der Waals surface area contributed by atoms with Crippen LogP contribution in [0.5, 0.6) is 0 Å². The average molecular weight is 237 g/mol. The van der Waals surface area contributed by atoms with Crippen LogP contribution in [0.15, 0.2) is 24.3 Å². The third-order valence-electron chi connectivity index (χ3n) is 1.75. The predicted molar refractivity (Wildman–Crippen MR) is 54.7 cm³/mol. The lowest BCUT2D eigenvalue weighted by Gasteiger charge is -2.06. The van der Waals surface area contributed by atoms with E-state index in [0.717, 1.165) is 5.56 Å². The summed E-state index contributed by atoms with van der Waals surface area (Å²) in [6.45, 7) is 1.81. The van der Waals surface area contributed by atoms with Gasteiger partial charge in [-0.05, 0) is 12.5 Å². The molecule has 1 unspecified atom stereocenters. The zero-order valence-corrected chi connectivity index (χ0v) is 9.15. The van der Waals surface area contributed by atoms with E-state index in [9.17, 15) is 12.8 Å². The third kappa shape index (κ3) is 3.64. The Morgan fingerprint density at radius 3 is 2.64 bits per heavy atom. The van der Waals surface area contributed by atoms with Crippen molar-refractivity contribution in [1.82, 2.24) is 0 Å². The van der Waals surface area contributed by atoms with Crippen LogP contribution in [0.4, 0.5) is 4.39 Å². The molecule has 0 aliphatic heterocycles. The van der Waals surface area contributed by atoms with Gasteiger partial charge in [0.2, 0.25) is 9.05 Å². The fourth-order valence-electron chi connectivity index (χ4n) is 1.14. The van der Waals surface area contributed by atoms with Crippen molar-refractivity contribution in [3.63, 3.8) is 0 Å². The van der Waals surface area contributed by atoms with Gasteiger partial charge in [-0.1, -0.05) is 29.8 Å². The van der Waals surface area contributed by atoms with Gasteiger partial charge in [0.1, 0.15) is 11.9 Å². The lowest BCUT2D eigenvalue weighted by Crippen LogP contribution is -2.05. The van der Waals surface area contributed by atoms with E-state index in [1.54, 1.807) is 18.2 Å². The van der Waals surface area contributed by atoms with Crippen LogP contribution in [-0.4, -0.2) is 14.2 Å². The molecule has 0 radical (unpaired) electrons. The minimum Gasteiger partial charge on any atom is -0.241 e. The van der Waals surface area contributed by atoms with Gasteiger partial charge in [-0.15, -0.1) is 0 Å². The molecule has 0 N–H and O–H groups in total. The van der Waals surface area contributed by atoms with E-state index < -0.39 is 21.0 Å². The Labute approximate surface area is 87.1 Å². The first-order valence-electron chi connectivity index (χ1n) is 4.01. The second-order valence-electron chi connectivity index (χ2n) is 3.09. The molecular weight excluding hydrogens is 227 g/mol. The molecule has 1 aromatic rings. The van der Waals surface area contributed by atoms with E-state index in [1.807, 2.05) is 13.0 Å². The van der Waals surface area contributed by atoms with Gasteiger partial charge in [0, 0.05) is 10.7 Å². The molecule has 0 saturated heterocycles. The summed E-state index contributed by atoms with van der Waals surface area (Å²) in [6.07, 6.45) is -1.56. The van der Waals surface area contributed by atoms with E-state index in [-0.39, 0.29) is 0 Å². The second-order valence-corrected chi connectivity index (χ2v) is 5.91. The quantitative estimate of drug-likeness (QED) is 0.756. The summed E-state index contributed by atoms with van der Waals surface area (Å²) in [7, 11) is 1.16. The average Bonchev–Trinajstić information content (AvgIpc) is 2.01. The molecule has 0 saturated carbocycles. The number of halogens is 2. The number of benzene rings is 1. The van der Waals surface area contributed by atoms with Crippen LogP contribution < -0.4 is 0 Å². The highest BCUT2D eigenvalue weighted by Gasteiger charge is 2.17. The minimum atomic E-state index is -3.79. The highest BCUT2D eigenvalue weighted by atomic mass is 35.7. The first-order chi connectivity index (χ1) is 6.38. The Morgan fingerprint density at radius 2 is 2.14 bits per heavy atom. The largest absolute Gasteiger partial charge is 0.241 e. The Hall–Kier alpha value is -0.610. The van der Waals surface area contributed by atoms with Crippen molar-refractivity contribution in [2.24, 2.45) is 0 Å². The molecule has 0 aliphatic rings. The Kier molecular flexibility index (Phi) is 3.50. The molecule has 0 bridgehead atoms. The molecule has 0 aromatic heterocycles. The van der Waals surface area contributed by atoms with E-state index in [1.165, 1.54) is 0 Å². The van der Waals surface area contributed by atoms with Crippen molar-refractivity contribution in [2.75, 3.05) is 5.75 Å². The van der Waals surface area contributed by atoms with Crippen LogP contribution in [-0.2, 0) is 9.05 Å². The molecule has 0 fully saturated rings. The molecule has 0 heterocycles. The first kappa shape index (κ1) is 11.5. The molecule has 78 valence electrons. The first-order valence-corrected chi connectivity index (χ1v) is 6.49. The van der Waals surface area contributed by atoms with Gasteiger partial charge >= 0.3 is 0 Å². The van der Waals surface area contributed by atoms with E-state index in [0.29, 0.717) is 5.56 Å². The molecule has 5 heteroatoms. The van der Waals surface area contributed by atoms with Crippen LogP contribution in [0.3, 0.4) is 0 Å². The minimum absolute atomic E-state index is 0.342. The molecule has 2 nitrogen and oxygen atoms in total. The van der Waals surface area contributed by atoms with Gasteiger partial charge in [0.05, 0.1) is 0 Å². The zero-order chi connectivity index (χ0) is 10.8. The summed E-state index contributed by atoms with van der Waals surface area (Å²) in [5.74, 6) is -0.683. The van der Waals surface area contributed by atoms with Crippen LogP contribution in [0.2, 0.25) is 0 Å². The van der Waals surface area contributed by atoms with Crippen molar-refractivity contribution in [2.45, 2.75) is 13.1 Å². The van der Waals surface area contributed by atoms with Crippen LogP contribution >= 0.6 is 10.7 Å². The van der Waals surface area contributed by atoms with Crippen LogP contribution in [0.25, 0.3) is 0 Å². The lowest BCUT2D eigenvalue weighted by atomic mass is 10.1. The van der Waals surface area contributed by atoms with Gasteiger partial charge in [-0.3, -0.25) is 0 Å². The van der Waals surface area contributed by atoms with Gasteiger partial charge in [-0.2, -0.15) is 0 Å².